The van der Waals surface area contributed by atoms with E-state index >= 15 is 0 Å². The van der Waals surface area contributed by atoms with Crippen LogP contribution in [0.5, 0.6) is 0 Å². The average Bonchev–Trinajstić information content (AvgIpc) is 2.51. The van der Waals surface area contributed by atoms with Gasteiger partial charge in [0.25, 0.3) is 0 Å². The molecule has 0 aromatic heterocycles. The van der Waals surface area contributed by atoms with Crippen LogP contribution in [-0.4, -0.2) is 12.5 Å². The van der Waals surface area contributed by atoms with Gasteiger partial charge in [0.05, 0.1) is 12.6 Å². The van der Waals surface area contributed by atoms with Gasteiger partial charge in [-0.15, -0.1) is 0 Å². The molecule has 0 saturated carbocycles. The van der Waals surface area contributed by atoms with Gasteiger partial charge in [-0.2, -0.15) is 0 Å². The molecule has 1 unspecified atom stereocenters. The lowest BCUT2D eigenvalue weighted by Gasteiger charge is -2.13. The predicted molar refractivity (Wildman–Crippen MR) is 53.5 cm³/mol. The van der Waals surface area contributed by atoms with Crippen LogP contribution in [0.1, 0.15) is 17.2 Å². The first kappa shape index (κ1) is 8.99. The number of hydrogen-bond donors (Lipinski definition) is 2. The molecule has 1 atom stereocenters. The standard InChI is InChI=1S/C10H12FN3/c1-6-4-7(11)2-3-8(6)9-5-13-10(12)14-9/h2-4,9H,5H2,1H3,(H3,12,13,14). The maximum absolute atomic E-state index is 12.8. The van der Waals surface area contributed by atoms with Gasteiger partial charge in [0.15, 0.2) is 5.96 Å². The van der Waals surface area contributed by atoms with Crippen molar-refractivity contribution in [3.05, 3.63) is 35.1 Å². The zero-order valence-corrected chi connectivity index (χ0v) is 7.92. The van der Waals surface area contributed by atoms with Crippen LogP contribution < -0.4 is 11.1 Å². The molecule has 2 rings (SSSR count). The molecule has 0 saturated heterocycles. The Morgan fingerprint density at radius 1 is 1.57 bits per heavy atom. The Kier molecular flexibility index (Phi) is 2.11. The maximum Gasteiger partial charge on any atom is 0.189 e. The molecule has 0 fully saturated rings. The second-order valence-corrected chi connectivity index (χ2v) is 3.42. The summed E-state index contributed by atoms with van der Waals surface area (Å²) in [6, 6.07) is 4.84. The molecule has 3 N–H and O–H groups in total. The highest BCUT2D eigenvalue weighted by atomic mass is 19.1. The lowest BCUT2D eigenvalue weighted by molar-refractivity contribution is 0.621. The summed E-state index contributed by atoms with van der Waals surface area (Å²) in [6.45, 7) is 2.51. The molecule has 3 nitrogen and oxygen atoms in total. The minimum atomic E-state index is -0.210. The average molecular weight is 193 g/mol. The minimum absolute atomic E-state index is 0.0931. The van der Waals surface area contributed by atoms with E-state index in [-0.39, 0.29) is 11.9 Å². The summed E-state index contributed by atoms with van der Waals surface area (Å²) in [5.41, 5.74) is 7.48. The van der Waals surface area contributed by atoms with Crippen molar-refractivity contribution >= 4 is 5.96 Å². The topological polar surface area (TPSA) is 50.4 Å². The lowest BCUT2D eigenvalue weighted by Crippen LogP contribution is -2.29. The Morgan fingerprint density at radius 3 is 2.93 bits per heavy atom. The summed E-state index contributed by atoms with van der Waals surface area (Å²) < 4.78 is 12.8. The molecule has 1 aliphatic rings. The van der Waals surface area contributed by atoms with Crippen molar-refractivity contribution in [2.24, 2.45) is 10.7 Å². The fraction of sp³-hybridized carbons (Fsp3) is 0.300. The number of halogens is 1. The van der Waals surface area contributed by atoms with Gasteiger partial charge in [0, 0.05) is 0 Å². The number of nitrogens with one attached hydrogen (secondary N) is 1. The second-order valence-electron chi connectivity index (χ2n) is 3.42. The minimum Gasteiger partial charge on any atom is -0.370 e. The van der Waals surface area contributed by atoms with Crippen molar-refractivity contribution in [1.29, 1.82) is 0 Å². The Labute approximate surface area is 81.8 Å². The van der Waals surface area contributed by atoms with E-state index in [1.807, 2.05) is 6.92 Å². The van der Waals surface area contributed by atoms with Crippen LogP contribution in [0.15, 0.2) is 23.2 Å². The highest BCUT2D eigenvalue weighted by Crippen LogP contribution is 2.20. The van der Waals surface area contributed by atoms with Crippen LogP contribution in [0.2, 0.25) is 0 Å². The fourth-order valence-electron chi connectivity index (χ4n) is 1.67. The molecule has 74 valence electrons. The number of rotatable bonds is 1. The molecule has 1 heterocycles. The summed E-state index contributed by atoms with van der Waals surface area (Å²) in [4.78, 5) is 4.05. The van der Waals surface area contributed by atoms with Gasteiger partial charge >= 0.3 is 0 Å². The van der Waals surface area contributed by atoms with Gasteiger partial charge in [-0.05, 0) is 30.2 Å². The van der Waals surface area contributed by atoms with Gasteiger partial charge in [-0.1, -0.05) is 6.07 Å². The summed E-state index contributed by atoms with van der Waals surface area (Å²) in [5.74, 6) is 0.247. The van der Waals surface area contributed by atoms with E-state index in [9.17, 15) is 4.39 Å². The van der Waals surface area contributed by atoms with Gasteiger partial charge < -0.3 is 11.1 Å². The molecule has 4 heteroatoms. The predicted octanol–water partition coefficient (Wildman–Crippen LogP) is 1.09. The Morgan fingerprint density at radius 2 is 2.36 bits per heavy atom. The van der Waals surface area contributed by atoms with Gasteiger partial charge in [0.2, 0.25) is 0 Å². The summed E-state index contributed by atoms with van der Waals surface area (Å²) in [7, 11) is 0. The molecular formula is C10H12FN3. The highest BCUT2D eigenvalue weighted by molar-refractivity contribution is 5.80. The molecule has 1 aliphatic heterocycles. The van der Waals surface area contributed by atoms with E-state index in [0.29, 0.717) is 12.5 Å². The van der Waals surface area contributed by atoms with E-state index in [1.165, 1.54) is 12.1 Å². The van der Waals surface area contributed by atoms with E-state index in [1.54, 1.807) is 6.07 Å². The number of nitrogens with two attached hydrogens (primary N) is 1. The number of aryl methyl sites for hydroxylation is 1. The molecule has 0 amide bonds. The van der Waals surface area contributed by atoms with Gasteiger partial charge in [0.1, 0.15) is 5.82 Å². The third-order valence-electron chi connectivity index (χ3n) is 2.37. The largest absolute Gasteiger partial charge is 0.370 e. The van der Waals surface area contributed by atoms with Crippen LogP contribution in [0, 0.1) is 12.7 Å². The number of nitrogens with zero attached hydrogens (tertiary/aromatic N) is 1. The summed E-state index contributed by atoms with van der Waals surface area (Å²) in [5, 5.41) is 3.04. The van der Waals surface area contributed by atoms with Crippen molar-refractivity contribution in [3.63, 3.8) is 0 Å². The highest BCUT2D eigenvalue weighted by Gasteiger charge is 2.18. The first-order chi connectivity index (χ1) is 6.66. The summed E-state index contributed by atoms with van der Waals surface area (Å²) in [6.07, 6.45) is 0. The monoisotopic (exact) mass is 193 g/mol. The van der Waals surface area contributed by atoms with Crippen LogP contribution in [-0.2, 0) is 0 Å². The molecule has 0 spiro atoms. The number of hydrogen-bond acceptors (Lipinski definition) is 3. The summed E-state index contributed by atoms with van der Waals surface area (Å²) >= 11 is 0. The molecule has 0 bridgehead atoms. The molecule has 14 heavy (non-hydrogen) atoms. The Bertz CT molecular complexity index is 387. The second kappa shape index (κ2) is 3.29. The first-order valence-electron chi connectivity index (χ1n) is 4.49. The van der Waals surface area contributed by atoms with Crippen molar-refractivity contribution < 1.29 is 4.39 Å². The van der Waals surface area contributed by atoms with Crippen molar-refractivity contribution in [1.82, 2.24) is 5.32 Å². The molecular weight excluding hydrogens is 181 g/mol. The van der Waals surface area contributed by atoms with E-state index in [2.05, 4.69) is 10.3 Å². The van der Waals surface area contributed by atoms with Crippen molar-refractivity contribution in [2.45, 2.75) is 13.0 Å². The van der Waals surface area contributed by atoms with Gasteiger partial charge in [-0.3, -0.25) is 4.99 Å². The SMILES string of the molecule is Cc1cc(F)ccc1C1CN=C(N)N1. The van der Waals surface area contributed by atoms with Crippen LogP contribution >= 0.6 is 0 Å². The Hall–Kier alpha value is -1.58. The van der Waals surface area contributed by atoms with E-state index < -0.39 is 0 Å². The van der Waals surface area contributed by atoms with E-state index in [0.717, 1.165) is 11.1 Å². The molecule has 1 aromatic carbocycles. The number of benzene rings is 1. The smallest absolute Gasteiger partial charge is 0.189 e. The molecule has 1 aromatic rings. The lowest BCUT2D eigenvalue weighted by atomic mass is 10.0. The quantitative estimate of drug-likeness (QED) is 0.701. The van der Waals surface area contributed by atoms with Crippen LogP contribution in [0.25, 0.3) is 0 Å². The molecule has 0 radical (unpaired) electrons. The zero-order valence-electron chi connectivity index (χ0n) is 7.92. The van der Waals surface area contributed by atoms with Crippen LogP contribution in [0.3, 0.4) is 0 Å². The number of aliphatic imine (C=N–C) groups is 1. The van der Waals surface area contributed by atoms with Crippen molar-refractivity contribution in [3.8, 4) is 0 Å². The van der Waals surface area contributed by atoms with E-state index in [4.69, 9.17) is 5.73 Å². The van der Waals surface area contributed by atoms with Crippen molar-refractivity contribution in [2.75, 3.05) is 6.54 Å². The zero-order chi connectivity index (χ0) is 10.1. The Balaban J connectivity index is 2.25. The normalized spacial score (nSPS) is 20.4. The fourth-order valence-corrected chi connectivity index (χ4v) is 1.67. The molecule has 0 aliphatic carbocycles. The maximum atomic E-state index is 12.8. The third-order valence-corrected chi connectivity index (χ3v) is 2.37. The third kappa shape index (κ3) is 1.55. The number of guanidine groups is 1. The van der Waals surface area contributed by atoms with Gasteiger partial charge in [-0.25, -0.2) is 4.39 Å². The van der Waals surface area contributed by atoms with Crippen LogP contribution in [0.4, 0.5) is 4.39 Å². The first-order valence-corrected chi connectivity index (χ1v) is 4.49.